The van der Waals surface area contributed by atoms with Gasteiger partial charge in [0.2, 0.25) is 0 Å². The maximum absolute atomic E-state index is 10.3. The maximum Gasteiger partial charge on any atom is 0.106 e. The van der Waals surface area contributed by atoms with Crippen LogP contribution in [-0.4, -0.2) is 56.2 Å². The minimum Gasteiger partial charge on any atom is -0.545 e. The summed E-state index contributed by atoms with van der Waals surface area (Å²) in [4.78, 5) is 85.9. The van der Waals surface area contributed by atoms with Crippen LogP contribution in [0.1, 0.15) is 71.9 Å². The third kappa shape index (κ3) is 45.6. The van der Waals surface area contributed by atoms with Gasteiger partial charge < -0.3 is 73.8 Å². The van der Waals surface area contributed by atoms with E-state index in [1.165, 1.54) is 0 Å². The van der Waals surface area contributed by atoms with Gasteiger partial charge in [0.1, 0.15) is 20.4 Å². The molecule has 0 fully saturated rings. The molecule has 0 saturated heterocycles. The van der Waals surface area contributed by atoms with E-state index in [1.807, 2.05) is 202 Å². The molecule has 0 aliphatic heterocycles. The summed E-state index contributed by atoms with van der Waals surface area (Å²) < 4.78 is 0. The Morgan fingerprint density at radius 1 is 0.224 bits per heavy atom. The van der Waals surface area contributed by atoms with E-state index in [9.17, 15) is 59.4 Å². The summed E-state index contributed by atoms with van der Waals surface area (Å²) in [5.74, 6) is -6.94. The molecule has 450 valence electrons. The Kier molecular flexibility index (Phi) is 51.5. The first-order chi connectivity index (χ1) is 40.2. The molecule has 0 unspecified atom stereocenters. The zero-order valence-corrected chi connectivity index (χ0v) is 49.7. The maximum atomic E-state index is 10.3. The van der Waals surface area contributed by atoms with E-state index >= 15 is 0 Å². The van der Waals surface area contributed by atoms with Crippen molar-refractivity contribution in [2.45, 2.75) is 77.0 Å². The topological polar surface area (TPSA) is 292 Å². The number of carboxylic acids is 6. The molecule has 16 heteroatoms. The van der Waals surface area contributed by atoms with Crippen molar-refractivity contribution in [3.05, 3.63) is 288 Å². The summed E-state index contributed by atoms with van der Waals surface area (Å²) in [6.07, 6.45) is 6.92. The van der Waals surface area contributed by atoms with Crippen molar-refractivity contribution in [2.75, 3.05) is 0 Å². The summed E-state index contributed by atoms with van der Waals surface area (Å²) in [6, 6.07) is 58.2. The molecular weight excluding hydrogens is 1160 g/mol. The summed E-state index contributed by atoms with van der Waals surface area (Å²) >= 11 is 0. The second-order valence-electron chi connectivity index (χ2n) is 17.3. The van der Waals surface area contributed by atoms with E-state index in [2.05, 4.69) is 39.5 Å². The second-order valence-corrected chi connectivity index (χ2v) is 17.3. The van der Waals surface area contributed by atoms with E-state index in [0.29, 0.717) is 77.0 Å². The van der Waals surface area contributed by atoms with Crippen LogP contribution in [0.4, 0.5) is 0 Å². The van der Waals surface area contributed by atoms with Crippen LogP contribution in [0.3, 0.4) is 0 Å². The van der Waals surface area contributed by atoms with Crippen LogP contribution in [0.2, 0.25) is 0 Å². The fraction of sp³-hybridized carbons (Fsp3) is 0.174. The van der Waals surface area contributed by atoms with Crippen LogP contribution >= 0.6 is 0 Å². The molecule has 6 aromatic carbocycles. The smallest absolute Gasteiger partial charge is 0.106 e. The number of hydrogen-bond donors (Lipinski definition) is 0. The molecule has 0 aromatic heterocycles. The van der Waals surface area contributed by atoms with Crippen molar-refractivity contribution >= 4 is 56.2 Å². The first-order valence-electron chi connectivity index (χ1n) is 25.6. The van der Waals surface area contributed by atoms with Crippen molar-refractivity contribution in [1.29, 1.82) is 0 Å². The van der Waals surface area contributed by atoms with Gasteiger partial charge in [-0.15, -0.1) is 0 Å². The van der Waals surface area contributed by atoms with Gasteiger partial charge in [0.15, 0.2) is 0 Å². The van der Waals surface area contributed by atoms with Gasteiger partial charge in [-0.1, -0.05) is 221 Å². The molecule has 0 aliphatic rings. The molecule has 6 rings (SSSR count). The van der Waals surface area contributed by atoms with Gasteiger partial charge in [-0.2, -0.15) is 0 Å². The molecule has 0 bridgehead atoms. The van der Waals surface area contributed by atoms with Gasteiger partial charge in [-0.05, 0) is 144 Å². The standard InChI is InChI=1S/6C11H12O2.3CH2O.Mo/c6*1-9(11(12)13)7-8-10-5-3-2-4-6-10;3*1-2;/h6*2-6H,1,7-8H2,(H,12,13);3*1H2;/p-6. The van der Waals surface area contributed by atoms with E-state index in [0.717, 1.165) is 33.4 Å². The minimum atomic E-state index is -1.16. The average Bonchev–Trinajstić information content (AvgIpc) is 3.53. The van der Waals surface area contributed by atoms with Gasteiger partial charge in [0, 0.05) is 21.1 Å². The molecule has 15 nitrogen and oxygen atoms in total. The molecule has 6 aromatic rings. The van der Waals surface area contributed by atoms with Crippen LogP contribution < -0.4 is 30.6 Å². The molecule has 0 spiro atoms. The van der Waals surface area contributed by atoms with Crippen molar-refractivity contribution in [3.8, 4) is 0 Å². The van der Waals surface area contributed by atoms with E-state index < -0.39 is 35.8 Å². The number of carboxylic acid groups (broad SMARTS) is 6. The summed E-state index contributed by atoms with van der Waals surface area (Å²) in [6.45, 7) is 26.4. The number of carbonyl (C=O) groups is 9. The monoisotopic (exact) mass is 1240 g/mol. The van der Waals surface area contributed by atoms with Crippen LogP contribution in [0.15, 0.2) is 255 Å². The number of rotatable bonds is 24. The van der Waals surface area contributed by atoms with Crippen molar-refractivity contribution < 1.29 is 94.9 Å². The third-order valence-corrected chi connectivity index (χ3v) is 11.1. The molecule has 0 N–H and O–H groups in total. The molecule has 0 amide bonds. The number of benzene rings is 6. The fourth-order valence-corrected chi connectivity index (χ4v) is 6.25. The van der Waals surface area contributed by atoms with Gasteiger partial charge >= 0.3 is 0 Å². The third-order valence-electron chi connectivity index (χ3n) is 11.1. The largest absolute Gasteiger partial charge is 0.545 e. The molecule has 85 heavy (non-hydrogen) atoms. The van der Waals surface area contributed by atoms with Crippen LogP contribution in [0, 0.1) is 0 Å². The molecule has 0 aliphatic carbocycles. The predicted octanol–water partition coefficient (Wildman–Crippen LogP) is 4.99. The van der Waals surface area contributed by atoms with Crippen molar-refractivity contribution in [2.24, 2.45) is 0 Å². The van der Waals surface area contributed by atoms with Crippen molar-refractivity contribution in [1.82, 2.24) is 0 Å². The number of hydrogen-bond acceptors (Lipinski definition) is 15. The first kappa shape index (κ1) is 81.7. The fourth-order valence-electron chi connectivity index (χ4n) is 6.25. The normalized spacial score (nSPS) is 8.89. The van der Waals surface area contributed by atoms with E-state index in [4.69, 9.17) is 14.4 Å². The summed E-state index contributed by atoms with van der Waals surface area (Å²) in [5, 5.41) is 61.9. The Bertz CT molecular complexity index is 2380. The molecule has 0 radical (unpaired) electrons. The second kappa shape index (κ2) is 53.6. The van der Waals surface area contributed by atoms with Crippen LogP contribution in [0.5, 0.6) is 0 Å². The molecule has 0 heterocycles. The Labute approximate surface area is 513 Å². The Morgan fingerprint density at radius 3 is 0.400 bits per heavy atom. The Morgan fingerprint density at radius 2 is 0.318 bits per heavy atom. The Balaban J connectivity index is -0.000000453. The number of aryl methyl sites for hydroxylation is 6. The zero-order chi connectivity index (χ0) is 64.1. The van der Waals surface area contributed by atoms with Crippen molar-refractivity contribution in [3.63, 3.8) is 0 Å². The van der Waals surface area contributed by atoms with Gasteiger partial charge in [0.25, 0.3) is 0 Å². The van der Waals surface area contributed by atoms with Crippen LogP contribution in [0.25, 0.3) is 0 Å². The Hall–Kier alpha value is -9.72. The van der Waals surface area contributed by atoms with Gasteiger partial charge in [-0.3, -0.25) is 0 Å². The number of aliphatic carboxylic acids is 6. The predicted molar refractivity (Wildman–Crippen MR) is 315 cm³/mol. The quantitative estimate of drug-likeness (QED) is 0.0569. The van der Waals surface area contributed by atoms with E-state index in [-0.39, 0.29) is 54.5 Å². The summed E-state index contributed by atoms with van der Waals surface area (Å²) in [7, 11) is 0. The van der Waals surface area contributed by atoms with E-state index in [1.54, 1.807) is 0 Å². The van der Waals surface area contributed by atoms with Gasteiger partial charge in [0.05, 0.1) is 35.8 Å². The molecule has 0 atom stereocenters. The SMILES string of the molecule is C=C(CCc1ccccc1)C(=O)[O-].C=C(CCc1ccccc1)C(=O)[O-].C=C(CCc1ccccc1)C(=O)[O-].C=C(CCc1ccccc1)C(=O)[O-].C=C(CCc1ccccc1)C(=O)[O-].C=C(CCc1ccccc1)C(=O)[O-].C=O.C=O.C=O.[Mo]. The number of carbonyl (C=O) groups excluding carboxylic acids is 9. The van der Waals surface area contributed by atoms with Crippen LogP contribution in [-0.2, 0) is 103 Å². The molecule has 0 saturated carbocycles. The average molecular weight is 1240 g/mol. The summed E-state index contributed by atoms with van der Waals surface area (Å²) in [5.41, 5.74) is 7.63. The minimum absolute atomic E-state index is 0. The molecular formula is C69H72MoO15-6. The zero-order valence-electron chi connectivity index (χ0n) is 47.7. The first-order valence-corrected chi connectivity index (χ1v) is 25.6. The van der Waals surface area contributed by atoms with Gasteiger partial charge in [-0.25, -0.2) is 0 Å².